The summed E-state index contributed by atoms with van der Waals surface area (Å²) in [6.45, 7) is -0.239. The second-order valence-corrected chi connectivity index (χ2v) is 7.04. The van der Waals surface area contributed by atoms with Crippen molar-refractivity contribution in [2.45, 2.75) is 69.9 Å². The van der Waals surface area contributed by atoms with Crippen molar-refractivity contribution in [2.24, 2.45) is 0 Å². The van der Waals surface area contributed by atoms with Crippen LogP contribution in [0, 0.1) is 0 Å². The monoisotopic (exact) mass is 345 g/mol. The zero-order chi connectivity index (χ0) is 17.5. The van der Waals surface area contributed by atoms with Crippen LogP contribution in [0.3, 0.4) is 0 Å². The van der Waals surface area contributed by atoms with E-state index in [1.54, 1.807) is 12.1 Å². The number of carbonyl (C=O) groups excluding carboxylic acids is 2. The maximum absolute atomic E-state index is 12.0. The van der Waals surface area contributed by atoms with Crippen molar-refractivity contribution in [3.63, 3.8) is 0 Å². The Hall–Kier alpha value is -2.11. The molecule has 0 atom stereocenters. The third-order valence-corrected chi connectivity index (χ3v) is 4.73. The van der Waals surface area contributed by atoms with Gasteiger partial charge in [0.05, 0.1) is 5.56 Å². The number of hydrogen-bond donors (Lipinski definition) is 2. The summed E-state index contributed by atoms with van der Waals surface area (Å²) in [7, 11) is 0. The second kappa shape index (κ2) is 8.83. The lowest BCUT2D eigenvalue weighted by atomic mass is 9.97. The molecule has 25 heavy (non-hydrogen) atoms. The van der Waals surface area contributed by atoms with Crippen LogP contribution < -0.4 is 10.6 Å². The minimum absolute atomic E-state index is 0.209. The van der Waals surface area contributed by atoms with Crippen LogP contribution in [0.15, 0.2) is 18.3 Å². The van der Waals surface area contributed by atoms with Gasteiger partial charge >= 0.3 is 5.97 Å². The van der Waals surface area contributed by atoms with Gasteiger partial charge in [0.2, 0.25) is 0 Å². The van der Waals surface area contributed by atoms with Gasteiger partial charge in [0.1, 0.15) is 5.82 Å². The van der Waals surface area contributed by atoms with Crippen LogP contribution in [0.4, 0.5) is 5.82 Å². The average molecular weight is 345 g/mol. The number of rotatable bonds is 6. The Morgan fingerprint density at radius 3 is 2.36 bits per heavy atom. The summed E-state index contributed by atoms with van der Waals surface area (Å²) in [5, 5.41) is 6.25. The first-order valence-electron chi connectivity index (χ1n) is 9.40. The number of pyridine rings is 1. The predicted molar refractivity (Wildman–Crippen MR) is 95.4 cm³/mol. The molecule has 136 valence electrons. The van der Waals surface area contributed by atoms with E-state index in [2.05, 4.69) is 15.6 Å². The molecule has 2 aliphatic carbocycles. The highest BCUT2D eigenvalue weighted by atomic mass is 16.5. The van der Waals surface area contributed by atoms with Crippen molar-refractivity contribution in [3.8, 4) is 0 Å². The molecule has 0 unspecified atom stereocenters. The Kier molecular flexibility index (Phi) is 6.25. The zero-order valence-corrected chi connectivity index (χ0v) is 14.6. The molecule has 1 aromatic heterocycles. The first-order valence-corrected chi connectivity index (χ1v) is 9.40. The van der Waals surface area contributed by atoms with Gasteiger partial charge in [-0.1, -0.05) is 32.1 Å². The molecule has 0 aromatic carbocycles. The van der Waals surface area contributed by atoms with Crippen LogP contribution in [0.1, 0.15) is 68.1 Å². The lowest BCUT2D eigenvalue weighted by molar-refractivity contribution is -0.125. The average Bonchev–Trinajstić information content (AvgIpc) is 3.40. The van der Waals surface area contributed by atoms with Crippen LogP contribution in [-0.4, -0.2) is 35.6 Å². The van der Waals surface area contributed by atoms with Gasteiger partial charge < -0.3 is 15.4 Å². The standard InChI is InChI=1S/C19H27N3O3/c23-18(22-15-6-4-2-1-3-5-7-15)13-25-19(24)14-8-11-17(20-12-14)21-16-9-10-16/h8,11-12,15-16H,1-7,9-10,13H2,(H,20,21)(H,22,23). The molecule has 0 spiro atoms. The zero-order valence-electron chi connectivity index (χ0n) is 14.6. The summed E-state index contributed by atoms with van der Waals surface area (Å²) in [6.07, 6.45) is 11.9. The summed E-state index contributed by atoms with van der Waals surface area (Å²) in [5.41, 5.74) is 0.361. The molecule has 1 aromatic rings. The van der Waals surface area contributed by atoms with Gasteiger partial charge in [-0.05, 0) is 37.8 Å². The second-order valence-electron chi connectivity index (χ2n) is 7.04. The summed E-state index contributed by atoms with van der Waals surface area (Å²) >= 11 is 0. The van der Waals surface area contributed by atoms with E-state index in [1.165, 1.54) is 38.3 Å². The lowest BCUT2D eigenvalue weighted by Crippen LogP contribution is -2.38. The SMILES string of the molecule is O=C(COC(=O)c1ccc(NC2CC2)nc1)NC1CCCCCCC1. The van der Waals surface area contributed by atoms with Crippen LogP contribution in [0.25, 0.3) is 0 Å². The highest BCUT2D eigenvalue weighted by Crippen LogP contribution is 2.23. The number of hydrogen-bond acceptors (Lipinski definition) is 5. The summed E-state index contributed by atoms with van der Waals surface area (Å²) < 4.78 is 5.11. The molecule has 0 saturated heterocycles. The van der Waals surface area contributed by atoms with Crippen LogP contribution in [-0.2, 0) is 9.53 Å². The van der Waals surface area contributed by atoms with Crippen molar-refractivity contribution in [2.75, 3.05) is 11.9 Å². The summed E-state index contributed by atoms with van der Waals surface area (Å²) in [5.74, 6) is 0.0262. The molecule has 6 heteroatoms. The molecule has 2 N–H and O–H groups in total. The van der Waals surface area contributed by atoms with E-state index < -0.39 is 5.97 Å². The minimum Gasteiger partial charge on any atom is -0.452 e. The maximum atomic E-state index is 12.0. The molecule has 3 rings (SSSR count). The number of amides is 1. The van der Waals surface area contributed by atoms with E-state index >= 15 is 0 Å². The van der Waals surface area contributed by atoms with Gasteiger partial charge in [-0.15, -0.1) is 0 Å². The number of nitrogens with zero attached hydrogens (tertiary/aromatic N) is 1. The van der Waals surface area contributed by atoms with Crippen molar-refractivity contribution in [1.29, 1.82) is 0 Å². The van der Waals surface area contributed by atoms with E-state index in [4.69, 9.17) is 4.74 Å². The van der Waals surface area contributed by atoms with Gasteiger partial charge in [0, 0.05) is 18.3 Å². The van der Waals surface area contributed by atoms with Crippen molar-refractivity contribution < 1.29 is 14.3 Å². The van der Waals surface area contributed by atoms with Crippen molar-refractivity contribution >= 4 is 17.7 Å². The minimum atomic E-state index is -0.515. The van der Waals surface area contributed by atoms with Crippen LogP contribution in [0.5, 0.6) is 0 Å². The number of ether oxygens (including phenoxy) is 1. The number of anilines is 1. The van der Waals surface area contributed by atoms with Gasteiger partial charge in [-0.25, -0.2) is 9.78 Å². The van der Waals surface area contributed by atoms with Crippen molar-refractivity contribution in [3.05, 3.63) is 23.9 Å². The quantitative estimate of drug-likeness (QED) is 0.775. The topological polar surface area (TPSA) is 80.3 Å². The predicted octanol–water partition coefficient (Wildman–Crippen LogP) is 3.04. The first-order chi connectivity index (χ1) is 12.2. The van der Waals surface area contributed by atoms with Gasteiger partial charge in [0.25, 0.3) is 5.91 Å². The fourth-order valence-electron chi connectivity index (χ4n) is 3.12. The Morgan fingerprint density at radius 1 is 1.00 bits per heavy atom. The largest absolute Gasteiger partial charge is 0.452 e. The van der Waals surface area contributed by atoms with Gasteiger partial charge in [-0.3, -0.25) is 4.79 Å². The van der Waals surface area contributed by atoms with E-state index in [0.717, 1.165) is 31.5 Å². The molecule has 1 amide bonds. The molecule has 6 nitrogen and oxygen atoms in total. The highest BCUT2D eigenvalue weighted by Gasteiger charge is 2.21. The van der Waals surface area contributed by atoms with E-state index in [-0.39, 0.29) is 18.6 Å². The fraction of sp³-hybridized carbons (Fsp3) is 0.632. The molecule has 2 fully saturated rings. The Bertz CT molecular complexity index is 576. The van der Waals surface area contributed by atoms with Gasteiger partial charge in [0.15, 0.2) is 6.61 Å². The smallest absolute Gasteiger partial charge is 0.340 e. The Labute approximate surface area is 148 Å². The third-order valence-electron chi connectivity index (χ3n) is 4.73. The molecule has 0 bridgehead atoms. The fourth-order valence-corrected chi connectivity index (χ4v) is 3.12. The van der Waals surface area contributed by atoms with E-state index in [0.29, 0.717) is 11.6 Å². The lowest BCUT2D eigenvalue weighted by Gasteiger charge is -2.20. The maximum Gasteiger partial charge on any atom is 0.340 e. The molecular formula is C19H27N3O3. The molecule has 2 saturated carbocycles. The van der Waals surface area contributed by atoms with Crippen molar-refractivity contribution in [1.82, 2.24) is 10.3 Å². The number of nitrogens with one attached hydrogen (secondary N) is 2. The molecule has 1 heterocycles. The molecule has 0 radical (unpaired) electrons. The highest BCUT2D eigenvalue weighted by molar-refractivity contribution is 5.91. The van der Waals surface area contributed by atoms with E-state index in [9.17, 15) is 9.59 Å². The summed E-state index contributed by atoms with van der Waals surface area (Å²) in [4.78, 5) is 28.2. The number of aromatic nitrogens is 1. The third kappa shape index (κ3) is 6.03. The van der Waals surface area contributed by atoms with Crippen LogP contribution >= 0.6 is 0 Å². The Morgan fingerprint density at radius 2 is 1.72 bits per heavy atom. The molecule has 0 aliphatic heterocycles. The Balaban J connectivity index is 1.40. The van der Waals surface area contributed by atoms with Crippen LogP contribution in [0.2, 0.25) is 0 Å². The van der Waals surface area contributed by atoms with E-state index in [1.807, 2.05) is 0 Å². The molecular weight excluding hydrogens is 318 g/mol. The molecule has 2 aliphatic rings. The summed E-state index contributed by atoms with van der Waals surface area (Å²) in [6, 6.07) is 4.17. The normalized spacial score (nSPS) is 18.7. The first kappa shape index (κ1) is 17.7. The number of carbonyl (C=O) groups is 2. The number of esters is 1. The van der Waals surface area contributed by atoms with Gasteiger partial charge in [-0.2, -0.15) is 0 Å².